The van der Waals surface area contributed by atoms with Crippen molar-refractivity contribution in [3.8, 4) is 0 Å². The first-order valence-electron chi connectivity index (χ1n) is 10.8. The number of unbranched alkanes of at least 4 members (excludes halogenated alkanes) is 3. The summed E-state index contributed by atoms with van der Waals surface area (Å²) in [7, 11) is -1.45. The zero-order valence-electron chi connectivity index (χ0n) is 18.0. The van der Waals surface area contributed by atoms with Gasteiger partial charge in [-0.3, -0.25) is 0 Å². The maximum absolute atomic E-state index is 6.56. The Kier molecular flexibility index (Phi) is 8.26. The summed E-state index contributed by atoms with van der Waals surface area (Å²) in [5.41, 5.74) is 1.17. The summed E-state index contributed by atoms with van der Waals surface area (Å²) in [6.07, 6.45) is 10.0. The van der Waals surface area contributed by atoms with Crippen LogP contribution in [0.1, 0.15) is 59.3 Å². The third kappa shape index (κ3) is 5.15. The molecule has 2 aromatic heterocycles. The first-order valence-corrected chi connectivity index (χ1v) is 21.8. The molecule has 0 aliphatic rings. The molecule has 0 atom stereocenters. The van der Waals surface area contributed by atoms with Crippen LogP contribution in [0.3, 0.4) is 0 Å². The molecule has 0 fully saturated rings. The molecule has 2 heterocycles. The molecule has 0 N–H and O–H groups in total. The van der Waals surface area contributed by atoms with Gasteiger partial charge in [-0.1, -0.05) is 0 Å². The minimum atomic E-state index is -2.56. The van der Waals surface area contributed by atoms with Crippen LogP contribution in [0.25, 0.3) is 11.0 Å². The van der Waals surface area contributed by atoms with Gasteiger partial charge >= 0.3 is 166 Å². The number of rotatable bonds is 11. The average molecular weight is 480 g/mol. The Bertz CT molecular complexity index is 667. The van der Waals surface area contributed by atoms with Crippen LogP contribution in [-0.4, -0.2) is 31.4 Å². The van der Waals surface area contributed by atoms with E-state index in [4.69, 9.17) is 9.40 Å². The van der Waals surface area contributed by atoms with Crippen molar-refractivity contribution in [2.24, 2.45) is 0 Å². The van der Waals surface area contributed by atoms with Crippen molar-refractivity contribution in [1.82, 2.24) is 4.98 Å². The fraction of sp³-hybridized carbons (Fsp3) is 0.682. The number of hydrogen-bond donors (Lipinski definition) is 0. The van der Waals surface area contributed by atoms with E-state index in [2.05, 4.69) is 58.7 Å². The Morgan fingerprint density at radius 1 is 0.923 bits per heavy atom. The Morgan fingerprint density at radius 3 is 1.92 bits per heavy atom. The van der Waals surface area contributed by atoms with Crippen molar-refractivity contribution in [3.05, 3.63) is 18.3 Å². The molecule has 4 heteroatoms. The van der Waals surface area contributed by atoms with Gasteiger partial charge in [-0.2, -0.15) is 0 Å². The van der Waals surface area contributed by atoms with E-state index in [-0.39, 0.29) is 0 Å². The van der Waals surface area contributed by atoms with Gasteiger partial charge in [0.25, 0.3) is 0 Å². The molecule has 0 aliphatic heterocycles. The minimum absolute atomic E-state index is 1.17. The molecular weight excluding hydrogens is 441 g/mol. The van der Waals surface area contributed by atoms with Gasteiger partial charge in [-0.25, -0.2) is 0 Å². The first-order chi connectivity index (χ1) is 12.4. The summed E-state index contributed by atoms with van der Waals surface area (Å²) in [5.74, 6) is 0. The number of aromatic nitrogens is 1. The summed E-state index contributed by atoms with van der Waals surface area (Å²) >= 11 is -2.56. The molecular formula is C22H39NOSiSn. The fourth-order valence-electron chi connectivity index (χ4n) is 3.99. The normalized spacial score (nSPS) is 12.8. The van der Waals surface area contributed by atoms with Crippen LogP contribution in [0, 0.1) is 0 Å². The van der Waals surface area contributed by atoms with Crippen LogP contribution in [0.15, 0.2) is 22.7 Å². The van der Waals surface area contributed by atoms with Gasteiger partial charge in [0.15, 0.2) is 0 Å². The third-order valence-corrected chi connectivity index (χ3v) is 22.5. The van der Waals surface area contributed by atoms with E-state index >= 15 is 0 Å². The predicted molar refractivity (Wildman–Crippen MR) is 122 cm³/mol. The van der Waals surface area contributed by atoms with Crippen LogP contribution >= 0.6 is 0 Å². The molecule has 0 saturated carbocycles. The van der Waals surface area contributed by atoms with Crippen molar-refractivity contribution >= 4 is 46.5 Å². The first kappa shape index (κ1) is 22.0. The summed E-state index contributed by atoms with van der Waals surface area (Å²) in [6, 6.07) is 4.49. The van der Waals surface area contributed by atoms with Gasteiger partial charge in [0, 0.05) is 0 Å². The van der Waals surface area contributed by atoms with Crippen LogP contribution < -0.4 is 9.09 Å². The fourth-order valence-corrected chi connectivity index (χ4v) is 20.9. The molecule has 2 rings (SSSR count). The van der Waals surface area contributed by atoms with E-state index < -0.39 is 26.5 Å². The van der Waals surface area contributed by atoms with E-state index in [1.165, 1.54) is 71.9 Å². The molecule has 0 aliphatic carbocycles. The SMILES string of the molecule is CCC[CH2][Sn]([CH2]CCC)([CH2]CCC)[c]1nccc2cc([Si](C)(C)C)oc12. The molecule has 146 valence electrons. The standard InChI is InChI=1S/C10H12NOSi.3C4H9.Sn/c1-13(2,3)10-6-8-4-5-11-7-9(8)12-10;3*1-3-4-2;/h4-6H,1-3H3;3*1,3-4H2,2H3;. The quantitative estimate of drug-likeness (QED) is 0.347. The Labute approximate surface area is 166 Å². The van der Waals surface area contributed by atoms with Gasteiger partial charge in [0.1, 0.15) is 0 Å². The van der Waals surface area contributed by atoms with Crippen molar-refractivity contribution in [3.63, 3.8) is 0 Å². The molecule has 2 aromatic rings. The van der Waals surface area contributed by atoms with Gasteiger partial charge < -0.3 is 0 Å². The predicted octanol–water partition coefficient (Wildman–Crippen LogP) is 6.43. The van der Waals surface area contributed by atoms with Crippen molar-refractivity contribution in [1.29, 1.82) is 0 Å². The second kappa shape index (κ2) is 9.77. The van der Waals surface area contributed by atoms with E-state index in [1.54, 1.807) is 0 Å². The Balaban J connectivity index is 2.58. The van der Waals surface area contributed by atoms with Crippen LogP contribution in [0.2, 0.25) is 33.0 Å². The molecule has 26 heavy (non-hydrogen) atoms. The summed E-state index contributed by atoms with van der Waals surface area (Å²) in [6.45, 7) is 14.1. The van der Waals surface area contributed by atoms with Crippen LogP contribution in [0.5, 0.6) is 0 Å². The van der Waals surface area contributed by atoms with Gasteiger partial charge in [0.2, 0.25) is 0 Å². The summed E-state index contributed by atoms with van der Waals surface area (Å²) in [5, 5.41) is 2.54. The topological polar surface area (TPSA) is 26.0 Å². The zero-order valence-corrected chi connectivity index (χ0v) is 21.8. The molecule has 0 spiro atoms. The Hall–Kier alpha value is -0.294. The molecule has 0 saturated heterocycles. The summed E-state index contributed by atoms with van der Waals surface area (Å²) < 4.78 is 12.4. The maximum atomic E-state index is 6.56. The van der Waals surface area contributed by atoms with Crippen LogP contribution in [-0.2, 0) is 0 Å². The average Bonchev–Trinajstić information content (AvgIpc) is 3.06. The van der Waals surface area contributed by atoms with Crippen molar-refractivity contribution in [2.75, 3.05) is 0 Å². The van der Waals surface area contributed by atoms with E-state index in [9.17, 15) is 0 Å². The summed E-state index contributed by atoms with van der Waals surface area (Å²) in [4.78, 5) is 5.05. The molecule has 0 unspecified atom stereocenters. The van der Waals surface area contributed by atoms with E-state index in [0.29, 0.717) is 0 Å². The zero-order chi connectivity index (χ0) is 19.2. The second-order valence-corrected chi connectivity index (χ2v) is 27.0. The number of fused-ring (bicyclic) bond motifs is 1. The molecule has 2 nitrogen and oxygen atoms in total. The number of furan rings is 1. The van der Waals surface area contributed by atoms with Crippen LogP contribution in [0.4, 0.5) is 0 Å². The molecule has 0 bridgehead atoms. The van der Waals surface area contributed by atoms with E-state index in [1.807, 2.05) is 0 Å². The Morgan fingerprint density at radius 2 is 1.46 bits per heavy atom. The monoisotopic (exact) mass is 481 g/mol. The second-order valence-electron chi connectivity index (χ2n) is 9.03. The number of pyridine rings is 1. The van der Waals surface area contributed by atoms with Gasteiger partial charge in [0.05, 0.1) is 0 Å². The molecule has 0 amide bonds. The van der Waals surface area contributed by atoms with Crippen molar-refractivity contribution < 1.29 is 4.42 Å². The molecule has 0 radical (unpaired) electrons. The molecule has 0 aromatic carbocycles. The van der Waals surface area contributed by atoms with Gasteiger partial charge in [-0.05, 0) is 0 Å². The number of hydrogen-bond acceptors (Lipinski definition) is 2. The third-order valence-electron chi connectivity index (χ3n) is 5.70. The van der Waals surface area contributed by atoms with E-state index in [0.717, 1.165) is 0 Å². The van der Waals surface area contributed by atoms with Crippen molar-refractivity contribution in [2.45, 2.75) is 92.2 Å². The van der Waals surface area contributed by atoms with Gasteiger partial charge in [-0.15, -0.1) is 0 Å². The number of nitrogens with zero attached hydrogens (tertiary/aromatic N) is 1.